The van der Waals surface area contributed by atoms with Gasteiger partial charge in [-0.05, 0) is 44.9 Å². The summed E-state index contributed by atoms with van der Waals surface area (Å²) in [7, 11) is 0. The second kappa shape index (κ2) is 5.57. The molecule has 0 bridgehead atoms. The number of nitrogens with zero attached hydrogens (tertiary/aromatic N) is 2. The van der Waals surface area contributed by atoms with Gasteiger partial charge >= 0.3 is 0 Å². The Morgan fingerprint density at radius 1 is 1.16 bits per heavy atom. The molecule has 3 nitrogen and oxygen atoms in total. The van der Waals surface area contributed by atoms with Crippen molar-refractivity contribution in [2.24, 2.45) is 0 Å². The van der Waals surface area contributed by atoms with E-state index < -0.39 is 0 Å². The molecule has 0 fully saturated rings. The predicted octanol–water partition coefficient (Wildman–Crippen LogP) is 3.13. The van der Waals surface area contributed by atoms with E-state index >= 15 is 0 Å². The van der Waals surface area contributed by atoms with Gasteiger partial charge in [-0.15, -0.1) is 0 Å². The first kappa shape index (κ1) is 13.8. The van der Waals surface area contributed by atoms with Gasteiger partial charge in [-0.25, -0.2) is 0 Å². The quantitative estimate of drug-likeness (QED) is 0.912. The maximum atomic E-state index is 4.42. The molecule has 0 atom stereocenters. The molecule has 1 aromatic heterocycles. The normalized spacial score (nSPS) is 11.8. The molecule has 0 amide bonds. The highest BCUT2D eigenvalue weighted by Crippen LogP contribution is 2.09. The second-order valence-corrected chi connectivity index (χ2v) is 6.08. The Hall–Kier alpha value is -1.61. The average molecular weight is 257 g/mol. The minimum Gasteiger partial charge on any atom is -0.308 e. The van der Waals surface area contributed by atoms with Crippen molar-refractivity contribution >= 4 is 0 Å². The van der Waals surface area contributed by atoms with Gasteiger partial charge in [0.2, 0.25) is 0 Å². The van der Waals surface area contributed by atoms with Crippen LogP contribution >= 0.6 is 0 Å². The zero-order chi connectivity index (χ0) is 13.9. The first-order chi connectivity index (χ1) is 8.92. The first-order valence-electron chi connectivity index (χ1n) is 6.75. The lowest BCUT2D eigenvalue weighted by atomic mass is 10.1. The van der Waals surface area contributed by atoms with Crippen LogP contribution in [0.2, 0.25) is 0 Å². The Labute approximate surface area is 115 Å². The fraction of sp³-hybridized carbons (Fsp3) is 0.438. The summed E-state index contributed by atoms with van der Waals surface area (Å²) in [4.78, 5) is 0. The number of rotatable bonds is 4. The third-order valence-electron chi connectivity index (χ3n) is 2.93. The second-order valence-electron chi connectivity index (χ2n) is 6.08. The van der Waals surface area contributed by atoms with Gasteiger partial charge in [0.25, 0.3) is 0 Å². The van der Waals surface area contributed by atoms with Gasteiger partial charge in [0.05, 0.1) is 12.2 Å². The van der Waals surface area contributed by atoms with E-state index in [1.54, 1.807) is 0 Å². The van der Waals surface area contributed by atoms with Crippen LogP contribution in [0.25, 0.3) is 0 Å². The van der Waals surface area contributed by atoms with Crippen LogP contribution in [0.3, 0.4) is 0 Å². The zero-order valence-electron chi connectivity index (χ0n) is 12.3. The van der Waals surface area contributed by atoms with E-state index in [0.717, 1.165) is 18.8 Å². The maximum Gasteiger partial charge on any atom is 0.0659 e. The molecule has 0 saturated heterocycles. The van der Waals surface area contributed by atoms with Crippen LogP contribution in [-0.2, 0) is 13.1 Å². The summed E-state index contributed by atoms with van der Waals surface area (Å²) in [5.74, 6) is 0. The van der Waals surface area contributed by atoms with Crippen molar-refractivity contribution < 1.29 is 0 Å². The fourth-order valence-corrected chi connectivity index (χ4v) is 1.94. The Morgan fingerprint density at radius 3 is 2.53 bits per heavy atom. The molecule has 0 spiro atoms. The predicted molar refractivity (Wildman–Crippen MR) is 79.1 cm³/mol. The van der Waals surface area contributed by atoms with Gasteiger partial charge in [-0.1, -0.05) is 24.3 Å². The van der Waals surface area contributed by atoms with Gasteiger partial charge in [-0.2, -0.15) is 5.10 Å². The van der Waals surface area contributed by atoms with E-state index in [4.69, 9.17) is 0 Å². The number of aromatic nitrogens is 2. The van der Waals surface area contributed by atoms with Crippen LogP contribution in [0.1, 0.15) is 37.6 Å². The Bertz CT molecular complexity index is 535. The largest absolute Gasteiger partial charge is 0.308 e. The lowest BCUT2D eigenvalue weighted by molar-refractivity contribution is 0.424. The summed E-state index contributed by atoms with van der Waals surface area (Å²) in [6, 6.07) is 10.7. The van der Waals surface area contributed by atoms with Crippen LogP contribution in [0.15, 0.2) is 36.5 Å². The Morgan fingerprint density at radius 2 is 1.89 bits per heavy atom. The molecule has 0 unspecified atom stereocenters. The van der Waals surface area contributed by atoms with Crippen molar-refractivity contribution in [2.45, 2.75) is 46.3 Å². The van der Waals surface area contributed by atoms with Gasteiger partial charge < -0.3 is 5.32 Å². The van der Waals surface area contributed by atoms with Crippen molar-refractivity contribution in [1.82, 2.24) is 15.1 Å². The smallest absolute Gasteiger partial charge is 0.0659 e. The monoisotopic (exact) mass is 257 g/mol. The third kappa shape index (κ3) is 4.52. The van der Waals surface area contributed by atoms with Gasteiger partial charge in [0.15, 0.2) is 0 Å². The van der Waals surface area contributed by atoms with E-state index in [2.05, 4.69) is 55.5 Å². The molecule has 2 rings (SSSR count). The fourth-order valence-electron chi connectivity index (χ4n) is 1.94. The first-order valence-corrected chi connectivity index (χ1v) is 6.75. The average Bonchev–Trinajstić information content (AvgIpc) is 2.72. The van der Waals surface area contributed by atoms with Crippen LogP contribution in [0.5, 0.6) is 0 Å². The highest BCUT2D eigenvalue weighted by molar-refractivity contribution is 5.23. The molecule has 0 saturated carbocycles. The SMILES string of the molecule is Cc1ccn(Cc2cccc(CNC(C)(C)C)c2)n1. The molecule has 0 aliphatic rings. The molecule has 102 valence electrons. The van der Waals surface area contributed by atoms with E-state index in [1.165, 1.54) is 11.1 Å². The summed E-state index contributed by atoms with van der Waals surface area (Å²) in [5.41, 5.74) is 3.81. The molecule has 1 heterocycles. The number of hydrogen-bond donors (Lipinski definition) is 1. The van der Waals surface area contributed by atoms with E-state index in [9.17, 15) is 0 Å². The number of aryl methyl sites for hydroxylation is 1. The van der Waals surface area contributed by atoms with Crippen molar-refractivity contribution in [3.8, 4) is 0 Å². The maximum absolute atomic E-state index is 4.42. The molecule has 2 aromatic rings. The lowest BCUT2D eigenvalue weighted by Gasteiger charge is -2.20. The van der Waals surface area contributed by atoms with E-state index in [1.807, 2.05) is 23.9 Å². The van der Waals surface area contributed by atoms with Crippen LogP contribution in [-0.4, -0.2) is 15.3 Å². The van der Waals surface area contributed by atoms with Crippen LogP contribution < -0.4 is 5.32 Å². The van der Waals surface area contributed by atoms with Crippen molar-refractivity contribution in [3.63, 3.8) is 0 Å². The highest BCUT2D eigenvalue weighted by atomic mass is 15.3. The minimum atomic E-state index is 0.148. The molecule has 1 N–H and O–H groups in total. The standard InChI is InChI=1S/C16H23N3/c1-13-8-9-19(18-13)12-15-7-5-6-14(10-15)11-17-16(2,3)4/h5-10,17H,11-12H2,1-4H3. The van der Waals surface area contributed by atoms with E-state index in [0.29, 0.717) is 0 Å². The minimum absolute atomic E-state index is 0.148. The van der Waals surface area contributed by atoms with Gasteiger partial charge in [-0.3, -0.25) is 4.68 Å². The highest BCUT2D eigenvalue weighted by Gasteiger charge is 2.08. The number of nitrogens with one attached hydrogen (secondary N) is 1. The summed E-state index contributed by atoms with van der Waals surface area (Å²) in [6.07, 6.45) is 2.02. The van der Waals surface area contributed by atoms with Crippen molar-refractivity contribution in [3.05, 3.63) is 53.3 Å². The molecule has 19 heavy (non-hydrogen) atoms. The summed E-state index contributed by atoms with van der Waals surface area (Å²) in [5, 5.41) is 7.93. The van der Waals surface area contributed by atoms with Gasteiger partial charge in [0.1, 0.15) is 0 Å². The van der Waals surface area contributed by atoms with Crippen LogP contribution in [0, 0.1) is 6.92 Å². The molecule has 0 aliphatic heterocycles. The molecule has 3 heteroatoms. The lowest BCUT2D eigenvalue weighted by Crippen LogP contribution is -2.35. The Balaban J connectivity index is 2.02. The molecular formula is C16H23N3. The summed E-state index contributed by atoms with van der Waals surface area (Å²) >= 11 is 0. The van der Waals surface area contributed by atoms with Crippen molar-refractivity contribution in [2.75, 3.05) is 0 Å². The third-order valence-corrected chi connectivity index (χ3v) is 2.93. The molecule has 1 aromatic carbocycles. The summed E-state index contributed by atoms with van der Waals surface area (Å²) < 4.78 is 1.98. The Kier molecular flexibility index (Phi) is 4.05. The van der Waals surface area contributed by atoms with E-state index in [-0.39, 0.29) is 5.54 Å². The molecule has 0 radical (unpaired) electrons. The van der Waals surface area contributed by atoms with Crippen molar-refractivity contribution in [1.29, 1.82) is 0 Å². The van der Waals surface area contributed by atoms with Crippen LogP contribution in [0.4, 0.5) is 0 Å². The summed E-state index contributed by atoms with van der Waals surface area (Å²) in [6.45, 7) is 10.3. The topological polar surface area (TPSA) is 29.9 Å². The molecular weight excluding hydrogens is 234 g/mol. The zero-order valence-corrected chi connectivity index (χ0v) is 12.3. The number of hydrogen-bond acceptors (Lipinski definition) is 2. The molecule has 0 aliphatic carbocycles. The van der Waals surface area contributed by atoms with Gasteiger partial charge in [0, 0.05) is 18.3 Å². The number of benzene rings is 1.